The molecule has 1 unspecified atom stereocenters. The average Bonchev–Trinajstić information content (AvgIpc) is 2.46. The number of pyridine rings is 1. The van der Waals surface area contributed by atoms with Crippen LogP contribution in [0.2, 0.25) is 0 Å². The van der Waals surface area contributed by atoms with Crippen LogP contribution in [-0.2, 0) is 12.6 Å². The molecule has 1 heterocycles. The van der Waals surface area contributed by atoms with Crippen LogP contribution in [0, 0.1) is 0 Å². The largest absolute Gasteiger partial charge is 0.416 e. The van der Waals surface area contributed by atoms with Crippen LogP contribution in [0.15, 0.2) is 36.5 Å². The van der Waals surface area contributed by atoms with Crippen LogP contribution in [0.4, 0.5) is 13.2 Å². The first-order chi connectivity index (χ1) is 9.97. The lowest BCUT2D eigenvalue weighted by Crippen LogP contribution is -2.19. The van der Waals surface area contributed by atoms with Crippen LogP contribution in [-0.4, -0.2) is 4.98 Å². The molecule has 110 valence electrons. The molecule has 1 aromatic heterocycles. The molecule has 0 spiro atoms. The lowest BCUT2D eigenvalue weighted by molar-refractivity contribution is -0.137. The maximum atomic E-state index is 12.9. The molecule has 0 radical (unpaired) electrons. The van der Waals surface area contributed by atoms with Crippen molar-refractivity contribution in [1.29, 1.82) is 0 Å². The predicted octanol–water partition coefficient (Wildman–Crippen LogP) is 4.10. The van der Waals surface area contributed by atoms with Gasteiger partial charge in [0.1, 0.15) is 0 Å². The molecule has 0 amide bonds. The standard InChI is InChI=1S/C16H15F3N2/c17-16(18,19)11-4-1-3-10(9-11)12-7-8-21-15-13(12)5-2-6-14(15)20/h1,3-4,7-9,14H,2,5-6,20H2. The lowest BCUT2D eigenvalue weighted by atomic mass is 9.87. The van der Waals surface area contributed by atoms with Gasteiger partial charge in [0.2, 0.25) is 0 Å². The molecule has 1 aliphatic rings. The van der Waals surface area contributed by atoms with Gasteiger partial charge in [-0.15, -0.1) is 0 Å². The van der Waals surface area contributed by atoms with Gasteiger partial charge in [-0.2, -0.15) is 13.2 Å². The summed E-state index contributed by atoms with van der Waals surface area (Å²) in [6.07, 6.45) is -0.0978. The molecule has 5 heteroatoms. The number of aromatic nitrogens is 1. The van der Waals surface area contributed by atoms with Gasteiger partial charge in [0.15, 0.2) is 0 Å². The normalized spacial score (nSPS) is 18.4. The fourth-order valence-corrected chi connectivity index (χ4v) is 2.86. The van der Waals surface area contributed by atoms with Gasteiger partial charge in [0.05, 0.1) is 11.3 Å². The summed E-state index contributed by atoms with van der Waals surface area (Å²) in [5, 5.41) is 0. The average molecular weight is 292 g/mol. The Bertz CT molecular complexity index is 665. The summed E-state index contributed by atoms with van der Waals surface area (Å²) in [7, 11) is 0. The Kier molecular flexibility index (Phi) is 3.45. The minimum atomic E-state index is -4.33. The number of benzene rings is 1. The van der Waals surface area contributed by atoms with Gasteiger partial charge >= 0.3 is 6.18 Å². The zero-order valence-electron chi connectivity index (χ0n) is 11.3. The number of rotatable bonds is 1. The number of nitrogens with two attached hydrogens (primary N) is 1. The molecule has 3 rings (SSSR count). The van der Waals surface area contributed by atoms with E-state index in [2.05, 4.69) is 4.98 Å². The number of hydrogen-bond donors (Lipinski definition) is 1. The van der Waals surface area contributed by atoms with E-state index >= 15 is 0 Å². The highest BCUT2D eigenvalue weighted by Gasteiger charge is 2.31. The SMILES string of the molecule is NC1CCCc2c(-c3cccc(C(F)(F)F)c3)ccnc21. The van der Waals surface area contributed by atoms with Crippen LogP contribution < -0.4 is 5.73 Å². The molecule has 1 aromatic carbocycles. The van der Waals surface area contributed by atoms with Gasteiger partial charge in [0, 0.05) is 12.2 Å². The highest BCUT2D eigenvalue weighted by Crippen LogP contribution is 2.36. The van der Waals surface area contributed by atoms with Crippen LogP contribution in [0.25, 0.3) is 11.1 Å². The highest BCUT2D eigenvalue weighted by molar-refractivity contribution is 5.69. The fraction of sp³-hybridized carbons (Fsp3) is 0.312. The molecule has 0 aliphatic heterocycles. The van der Waals surface area contributed by atoms with Gasteiger partial charge < -0.3 is 5.73 Å². The summed E-state index contributed by atoms with van der Waals surface area (Å²) >= 11 is 0. The third-order valence-corrected chi connectivity index (χ3v) is 3.88. The van der Waals surface area contributed by atoms with Crippen molar-refractivity contribution in [2.45, 2.75) is 31.5 Å². The van der Waals surface area contributed by atoms with Crippen molar-refractivity contribution in [3.8, 4) is 11.1 Å². The van der Waals surface area contributed by atoms with Gasteiger partial charge in [-0.3, -0.25) is 4.98 Å². The summed E-state index contributed by atoms with van der Waals surface area (Å²) in [4.78, 5) is 4.31. The summed E-state index contributed by atoms with van der Waals surface area (Å²) < 4.78 is 38.6. The van der Waals surface area contributed by atoms with Gasteiger partial charge in [-0.25, -0.2) is 0 Å². The third-order valence-electron chi connectivity index (χ3n) is 3.88. The number of alkyl halides is 3. The fourth-order valence-electron chi connectivity index (χ4n) is 2.86. The Balaban J connectivity index is 2.12. The van der Waals surface area contributed by atoms with E-state index < -0.39 is 11.7 Å². The Hall–Kier alpha value is -1.88. The maximum Gasteiger partial charge on any atom is 0.416 e. The maximum absolute atomic E-state index is 12.9. The molecule has 21 heavy (non-hydrogen) atoms. The monoisotopic (exact) mass is 292 g/mol. The zero-order chi connectivity index (χ0) is 15.0. The molecule has 0 saturated heterocycles. The minimum Gasteiger partial charge on any atom is -0.323 e. The van der Waals surface area contributed by atoms with Gasteiger partial charge in [0.25, 0.3) is 0 Å². The van der Waals surface area contributed by atoms with E-state index in [0.717, 1.165) is 42.1 Å². The van der Waals surface area contributed by atoms with Crippen LogP contribution >= 0.6 is 0 Å². The van der Waals surface area contributed by atoms with E-state index in [1.807, 2.05) is 0 Å². The Labute approximate surface area is 120 Å². The van der Waals surface area contributed by atoms with Crippen molar-refractivity contribution in [2.75, 3.05) is 0 Å². The van der Waals surface area contributed by atoms with E-state index in [4.69, 9.17) is 5.73 Å². The molecular formula is C16H15F3N2. The Morgan fingerprint density at radius 2 is 2.00 bits per heavy atom. The second kappa shape index (κ2) is 5.15. The summed E-state index contributed by atoms with van der Waals surface area (Å²) in [6.45, 7) is 0. The molecule has 1 aliphatic carbocycles. The molecule has 0 bridgehead atoms. The van der Waals surface area contributed by atoms with Crippen molar-refractivity contribution in [1.82, 2.24) is 4.98 Å². The van der Waals surface area contributed by atoms with Crippen molar-refractivity contribution >= 4 is 0 Å². The summed E-state index contributed by atoms with van der Waals surface area (Å²) in [5.74, 6) is 0. The molecule has 0 fully saturated rings. The molecule has 2 aromatic rings. The molecule has 1 atom stereocenters. The van der Waals surface area contributed by atoms with E-state index in [1.165, 1.54) is 12.1 Å². The van der Waals surface area contributed by atoms with Gasteiger partial charge in [-0.05, 0) is 54.2 Å². The lowest BCUT2D eigenvalue weighted by Gasteiger charge is -2.23. The number of hydrogen-bond acceptors (Lipinski definition) is 2. The predicted molar refractivity (Wildman–Crippen MR) is 74.5 cm³/mol. The highest BCUT2D eigenvalue weighted by atomic mass is 19.4. The molecular weight excluding hydrogens is 277 g/mol. The topological polar surface area (TPSA) is 38.9 Å². The van der Waals surface area contributed by atoms with Crippen molar-refractivity contribution in [3.63, 3.8) is 0 Å². The van der Waals surface area contributed by atoms with E-state index in [1.54, 1.807) is 18.3 Å². The van der Waals surface area contributed by atoms with E-state index in [9.17, 15) is 13.2 Å². The molecule has 0 saturated carbocycles. The van der Waals surface area contributed by atoms with Crippen LogP contribution in [0.1, 0.15) is 35.7 Å². The zero-order valence-corrected chi connectivity index (χ0v) is 11.3. The molecule has 2 nitrogen and oxygen atoms in total. The number of halogens is 3. The van der Waals surface area contributed by atoms with Gasteiger partial charge in [-0.1, -0.05) is 12.1 Å². The smallest absolute Gasteiger partial charge is 0.323 e. The first-order valence-corrected chi connectivity index (χ1v) is 6.88. The van der Waals surface area contributed by atoms with E-state index in [-0.39, 0.29) is 6.04 Å². The Morgan fingerprint density at radius 1 is 1.19 bits per heavy atom. The number of nitrogens with zero attached hydrogens (tertiary/aromatic N) is 1. The van der Waals surface area contributed by atoms with Crippen LogP contribution in [0.3, 0.4) is 0 Å². The van der Waals surface area contributed by atoms with Crippen molar-refractivity contribution in [3.05, 3.63) is 53.3 Å². The first-order valence-electron chi connectivity index (χ1n) is 6.88. The van der Waals surface area contributed by atoms with Crippen molar-refractivity contribution in [2.24, 2.45) is 5.73 Å². The third kappa shape index (κ3) is 2.65. The molecule has 2 N–H and O–H groups in total. The second-order valence-electron chi connectivity index (χ2n) is 5.30. The summed E-state index contributed by atoms with van der Waals surface area (Å²) in [6, 6.07) is 7.06. The first kappa shape index (κ1) is 14.1. The van der Waals surface area contributed by atoms with E-state index in [0.29, 0.717) is 5.56 Å². The second-order valence-corrected chi connectivity index (χ2v) is 5.30. The van der Waals surface area contributed by atoms with Crippen LogP contribution in [0.5, 0.6) is 0 Å². The quantitative estimate of drug-likeness (QED) is 0.859. The Morgan fingerprint density at radius 3 is 2.76 bits per heavy atom. The minimum absolute atomic E-state index is 0.125. The summed E-state index contributed by atoms with van der Waals surface area (Å²) in [5.41, 5.74) is 8.59. The number of fused-ring (bicyclic) bond motifs is 1. The van der Waals surface area contributed by atoms with Crippen molar-refractivity contribution < 1.29 is 13.2 Å².